The molecule has 4 rings (SSSR count). The van der Waals surface area contributed by atoms with Crippen molar-refractivity contribution in [3.05, 3.63) is 75.7 Å². The zero-order valence-corrected chi connectivity index (χ0v) is 17.3. The molecule has 3 aromatic rings. The lowest BCUT2D eigenvalue weighted by Gasteiger charge is -2.27. The van der Waals surface area contributed by atoms with Gasteiger partial charge in [-0.15, -0.1) is 11.3 Å². The number of carbonyl (C=O) groups excluding carboxylic acids is 2. The van der Waals surface area contributed by atoms with E-state index in [1.165, 1.54) is 18.4 Å². The van der Waals surface area contributed by atoms with Gasteiger partial charge in [0, 0.05) is 16.0 Å². The van der Waals surface area contributed by atoms with E-state index >= 15 is 0 Å². The van der Waals surface area contributed by atoms with Gasteiger partial charge in [0.15, 0.2) is 0 Å². The van der Waals surface area contributed by atoms with Gasteiger partial charge in [-0.3, -0.25) is 4.79 Å². The zero-order chi connectivity index (χ0) is 20.5. The van der Waals surface area contributed by atoms with E-state index in [1.54, 1.807) is 0 Å². The molecule has 2 heterocycles. The molecule has 0 fully saturated rings. The molecule has 2 aromatic carbocycles. The number of methoxy groups -OCH3 is 1. The Labute approximate surface area is 173 Å². The van der Waals surface area contributed by atoms with E-state index in [4.69, 9.17) is 9.47 Å². The fourth-order valence-electron chi connectivity index (χ4n) is 3.79. The monoisotopic (exact) mass is 407 g/mol. The second kappa shape index (κ2) is 7.72. The molecule has 1 amide bonds. The lowest BCUT2D eigenvalue weighted by Crippen LogP contribution is -2.25. The minimum absolute atomic E-state index is 0.206. The summed E-state index contributed by atoms with van der Waals surface area (Å²) in [6.07, 6.45) is 0.686. The van der Waals surface area contributed by atoms with Crippen molar-refractivity contribution in [1.29, 1.82) is 0 Å². The van der Waals surface area contributed by atoms with Crippen molar-refractivity contribution >= 4 is 28.2 Å². The van der Waals surface area contributed by atoms with Crippen LogP contribution in [0.1, 0.15) is 44.8 Å². The molecule has 0 aliphatic carbocycles. The van der Waals surface area contributed by atoms with Gasteiger partial charge in [0.1, 0.15) is 16.5 Å². The summed E-state index contributed by atoms with van der Waals surface area (Å²) >= 11 is 1.40. The van der Waals surface area contributed by atoms with E-state index in [0.29, 0.717) is 28.5 Å². The van der Waals surface area contributed by atoms with Crippen molar-refractivity contribution in [3.63, 3.8) is 0 Å². The maximum atomic E-state index is 13.5. The number of rotatable bonds is 4. The van der Waals surface area contributed by atoms with E-state index in [0.717, 1.165) is 21.6 Å². The molecule has 6 heteroatoms. The summed E-state index contributed by atoms with van der Waals surface area (Å²) in [6, 6.07) is 15.1. The Morgan fingerprint density at radius 3 is 2.21 bits per heavy atom. The third-order valence-electron chi connectivity index (χ3n) is 5.13. The SMILES string of the molecule is CCc1c(C)sc(NC(=O)C2c3ccccc3Oc3ccccc32)c1C(=O)OC. The summed E-state index contributed by atoms with van der Waals surface area (Å²) in [5.41, 5.74) is 2.95. The Morgan fingerprint density at radius 2 is 1.66 bits per heavy atom. The van der Waals surface area contributed by atoms with Gasteiger partial charge in [0.25, 0.3) is 0 Å². The van der Waals surface area contributed by atoms with E-state index in [-0.39, 0.29) is 5.91 Å². The average Bonchev–Trinajstić information content (AvgIpc) is 3.05. The molecule has 0 bridgehead atoms. The average molecular weight is 407 g/mol. The van der Waals surface area contributed by atoms with Crippen molar-refractivity contribution in [1.82, 2.24) is 0 Å². The molecule has 0 spiro atoms. The standard InChI is InChI=1S/C23H21NO4S/c1-4-14-13(2)29-22(20(14)23(26)27-3)24-21(25)19-15-9-5-7-11-17(15)28-18-12-8-6-10-16(18)19/h5-12,19H,4H2,1-3H3,(H,24,25). The number of para-hydroxylation sites is 2. The number of carbonyl (C=O) groups is 2. The predicted octanol–water partition coefficient (Wildman–Crippen LogP) is 5.28. The lowest BCUT2D eigenvalue weighted by molar-refractivity contribution is -0.116. The van der Waals surface area contributed by atoms with Gasteiger partial charge in [0.05, 0.1) is 18.6 Å². The third kappa shape index (κ3) is 3.29. The minimum atomic E-state index is -0.533. The van der Waals surface area contributed by atoms with Crippen LogP contribution in [0.5, 0.6) is 11.5 Å². The highest BCUT2D eigenvalue weighted by Gasteiger charge is 2.34. The largest absolute Gasteiger partial charge is 0.465 e. The first kappa shape index (κ1) is 19.2. The van der Waals surface area contributed by atoms with Crippen LogP contribution < -0.4 is 10.1 Å². The summed E-state index contributed by atoms with van der Waals surface area (Å²) in [5.74, 6) is 0.151. The summed E-state index contributed by atoms with van der Waals surface area (Å²) < 4.78 is 10.9. The quantitative estimate of drug-likeness (QED) is 0.598. The second-order valence-corrected chi connectivity index (χ2v) is 8.01. The number of benzene rings is 2. The van der Waals surface area contributed by atoms with Crippen LogP contribution in [0.15, 0.2) is 48.5 Å². The van der Waals surface area contributed by atoms with Gasteiger partial charge in [-0.2, -0.15) is 0 Å². The van der Waals surface area contributed by atoms with Crippen LogP contribution in [-0.4, -0.2) is 19.0 Å². The molecular weight excluding hydrogens is 386 g/mol. The number of esters is 1. The zero-order valence-electron chi connectivity index (χ0n) is 16.4. The van der Waals surface area contributed by atoms with Crippen molar-refractivity contribution in [2.45, 2.75) is 26.2 Å². The highest BCUT2D eigenvalue weighted by molar-refractivity contribution is 7.16. The van der Waals surface area contributed by atoms with Crippen LogP contribution in [0.25, 0.3) is 0 Å². The number of anilines is 1. The number of fused-ring (bicyclic) bond motifs is 2. The third-order valence-corrected chi connectivity index (χ3v) is 6.19. The van der Waals surface area contributed by atoms with Crippen LogP contribution >= 0.6 is 11.3 Å². The number of nitrogens with one attached hydrogen (secondary N) is 1. The minimum Gasteiger partial charge on any atom is -0.465 e. The number of thiophene rings is 1. The van der Waals surface area contributed by atoms with Gasteiger partial charge >= 0.3 is 5.97 Å². The smallest absolute Gasteiger partial charge is 0.341 e. The highest BCUT2D eigenvalue weighted by Crippen LogP contribution is 2.45. The van der Waals surface area contributed by atoms with Gasteiger partial charge in [-0.25, -0.2) is 4.79 Å². The van der Waals surface area contributed by atoms with Gasteiger partial charge in [-0.05, 0) is 31.0 Å². The number of hydrogen-bond acceptors (Lipinski definition) is 5. The van der Waals surface area contributed by atoms with Crippen LogP contribution in [0.3, 0.4) is 0 Å². The molecule has 1 N–H and O–H groups in total. The maximum absolute atomic E-state index is 13.5. The highest BCUT2D eigenvalue weighted by atomic mass is 32.1. The van der Waals surface area contributed by atoms with E-state index < -0.39 is 11.9 Å². The van der Waals surface area contributed by atoms with Gasteiger partial charge < -0.3 is 14.8 Å². The first-order valence-electron chi connectivity index (χ1n) is 9.42. The normalized spacial score (nSPS) is 12.5. The molecule has 29 heavy (non-hydrogen) atoms. The second-order valence-electron chi connectivity index (χ2n) is 6.79. The van der Waals surface area contributed by atoms with Crippen LogP contribution in [0, 0.1) is 6.92 Å². The molecule has 0 radical (unpaired) electrons. The molecule has 0 unspecified atom stereocenters. The summed E-state index contributed by atoms with van der Waals surface area (Å²) in [7, 11) is 1.35. The van der Waals surface area contributed by atoms with Crippen LogP contribution in [0.4, 0.5) is 5.00 Å². The van der Waals surface area contributed by atoms with E-state index in [9.17, 15) is 9.59 Å². The molecule has 1 aliphatic rings. The Bertz CT molecular complexity index is 1060. The molecule has 5 nitrogen and oxygen atoms in total. The molecule has 0 saturated heterocycles. The Hall–Kier alpha value is -3.12. The first-order valence-corrected chi connectivity index (χ1v) is 10.2. The molecule has 0 atom stereocenters. The molecule has 1 aliphatic heterocycles. The van der Waals surface area contributed by atoms with E-state index in [2.05, 4.69) is 5.32 Å². The fourth-order valence-corrected chi connectivity index (χ4v) is 4.92. The summed E-state index contributed by atoms with van der Waals surface area (Å²) in [4.78, 5) is 26.8. The maximum Gasteiger partial charge on any atom is 0.341 e. The van der Waals surface area contributed by atoms with Gasteiger partial charge in [0.2, 0.25) is 5.91 Å². The van der Waals surface area contributed by atoms with Crippen molar-refractivity contribution in [2.75, 3.05) is 12.4 Å². The van der Waals surface area contributed by atoms with Crippen LogP contribution in [-0.2, 0) is 16.0 Å². The molecular formula is C23H21NO4S. The first-order chi connectivity index (χ1) is 14.0. The Morgan fingerprint density at radius 1 is 1.07 bits per heavy atom. The van der Waals surface area contributed by atoms with E-state index in [1.807, 2.05) is 62.4 Å². The van der Waals surface area contributed by atoms with Crippen LogP contribution in [0.2, 0.25) is 0 Å². The summed E-state index contributed by atoms with van der Waals surface area (Å²) in [6.45, 7) is 3.93. The van der Waals surface area contributed by atoms with Crippen molar-refractivity contribution in [3.8, 4) is 11.5 Å². The topological polar surface area (TPSA) is 64.6 Å². The molecule has 1 aromatic heterocycles. The van der Waals surface area contributed by atoms with Crippen molar-refractivity contribution in [2.24, 2.45) is 0 Å². The Balaban J connectivity index is 1.77. The molecule has 0 saturated carbocycles. The number of amides is 1. The number of hydrogen-bond donors (Lipinski definition) is 1. The van der Waals surface area contributed by atoms with Gasteiger partial charge in [-0.1, -0.05) is 43.3 Å². The van der Waals surface area contributed by atoms with Crippen molar-refractivity contribution < 1.29 is 19.1 Å². The number of aryl methyl sites for hydroxylation is 1. The predicted molar refractivity (Wildman–Crippen MR) is 113 cm³/mol. The number of ether oxygens (including phenoxy) is 2. The Kier molecular flexibility index (Phi) is 5.11. The molecule has 148 valence electrons. The fraction of sp³-hybridized carbons (Fsp3) is 0.217. The lowest BCUT2D eigenvalue weighted by atomic mass is 9.87. The summed E-state index contributed by atoms with van der Waals surface area (Å²) in [5, 5.41) is 3.52.